The van der Waals surface area contributed by atoms with Crippen LogP contribution in [0.25, 0.3) is 0 Å². The van der Waals surface area contributed by atoms with Crippen LogP contribution in [0.5, 0.6) is 0 Å². The predicted molar refractivity (Wildman–Crippen MR) is 62.9 cm³/mol. The lowest BCUT2D eigenvalue weighted by Crippen LogP contribution is -2.48. The van der Waals surface area contributed by atoms with Crippen LogP contribution in [-0.4, -0.2) is 16.9 Å². The molecule has 3 aliphatic rings. The Morgan fingerprint density at radius 1 is 1.59 bits per heavy atom. The van der Waals surface area contributed by atoms with Crippen LogP contribution in [0, 0.1) is 11.3 Å². The molecule has 92 valence electrons. The first-order chi connectivity index (χ1) is 7.93. The van der Waals surface area contributed by atoms with Crippen LogP contribution in [0.3, 0.4) is 0 Å². The molecule has 0 aromatic rings. The van der Waals surface area contributed by atoms with Gasteiger partial charge in [-0.3, -0.25) is 0 Å². The maximum Gasteiger partial charge on any atom is 0.333 e. The monoisotopic (exact) mass is 234 g/mol. The van der Waals surface area contributed by atoms with E-state index in [-0.39, 0.29) is 5.41 Å². The Balaban J connectivity index is 1.99. The van der Waals surface area contributed by atoms with Gasteiger partial charge in [-0.2, -0.15) is 0 Å². The average Bonchev–Trinajstić information content (AvgIpc) is 2.47. The molecule has 0 amide bonds. The van der Waals surface area contributed by atoms with E-state index in [1.807, 2.05) is 0 Å². The van der Waals surface area contributed by atoms with Crippen molar-refractivity contribution in [3.05, 3.63) is 23.8 Å². The minimum Gasteiger partial charge on any atom is -0.426 e. The summed E-state index contributed by atoms with van der Waals surface area (Å²) in [6, 6.07) is 0. The second-order valence-corrected chi connectivity index (χ2v) is 5.97. The summed E-state index contributed by atoms with van der Waals surface area (Å²) in [5.41, 5.74) is 2.03. The first-order valence-electron chi connectivity index (χ1n) is 6.27. The van der Waals surface area contributed by atoms with Crippen molar-refractivity contribution in [3.8, 4) is 0 Å². The fourth-order valence-corrected chi connectivity index (χ4v) is 3.81. The number of allylic oxidation sites excluding steroid dienone is 1. The largest absolute Gasteiger partial charge is 0.426 e. The summed E-state index contributed by atoms with van der Waals surface area (Å²) in [5, 5.41) is 10.4. The highest BCUT2D eigenvalue weighted by Crippen LogP contribution is 2.57. The predicted octanol–water partition coefficient (Wildman–Crippen LogP) is 2.31. The SMILES string of the molecule is C=C1CCCC2(C)CC3(O)OC(=O)C=C3CC12. The Kier molecular flexibility index (Phi) is 2.09. The number of hydrogen-bond donors (Lipinski definition) is 1. The Bertz CT molecular complexity index is 437. The third-order valence-corrected chi connectivity index (χ3v) is 4.71. The van der Waals surface area contributed by atoms with Gasteiger partial charge in [0.25, 0.3) is 0 Å². The van der Waals surface area contributed by atoms with Crippen LogP contribution in [0.1, 0.15) is 39.0 Å². The molecule has 3 rings (SSSR count). The van der Waals surface area contributed by atoms with Gasteiger partial charge in [-0.15, -0.1) is 0 Å². The molecule has 1 aliphatic heterocycles. The van der Waals surface area contributed by atoms with Crippen LogP contribution < -0.4 is 0 Å². The van der Waals surface area contributed by atoms with E-state index in [1.54, 1.807) is 0 Å². The van der Waals surface area contributed by atoms with Crippen molar-refractivity contribution < 1.29 is 14.6 Å². The normalized spacial score (nSPS) is 44.8. The van der Waals surface area contributed by atoms with Crippen molar-refractivity contribution in [1.82, 2.24) is 0 Å². The van der Waals surface area contributed by atoms with Gasteiger partial charge in [0.05, 0.1) is 0 Å². The number of ether oxygens (including phenoxy) is 1. The van der Waals surface area contributed by atoms with Crippen LogP contribution in [0.15, 0.2) is 23.8 Å². The van der Waals surface area contributed by atoms with E-state index in [9.17, 15) is 9.90 Å². The number of carbonyl (C=O) groups excluding carboxylic acids is 1. The lowest BCUT2D eigenvalue weighted by Gasteiger charge is -2.50. The minimum atomic E-state index is -1.33. The lowest BCUT2D eigenvalue weighted by atomic mass is 9.56. The minimum absolute atomic E-state index is 0.0199. The van der Waals surface area contributed by atoms with Crippen LogP contribution >= 0.6 is 0 Å². The molecular formula is C14H18O3. The topological polar surface area (TPSA) is 46.5 Å². The molecule has 0 saturated heterocycles. The Morgan fingerprint density at radius 2 is 2.35 bits per heavy atom. The first-order valence-corrected chi connectivity index (χ1v) is 6.27. The molecule has 2 aliphatic carbocycles. The van der Waals surface area contributed by atoms with Crippen molar-refractivity contribution in [3.63, 3.8) is 0 Å². The number of carbonyl (C=O) groups is 1. The molecule has 1 heterocycles. The van der Waals surface area contributed by atoms with Gasteiger partial charge in [0, 0.05) is 18.1 Å². The standard InChI is InChI=1S/C14H18O3/c1-9-4-3-5-13(2)8-14(16)10(6-11(9)13)7-12(15)17-14/h7,11,16H,1,3-6,8H2,2H3. The van der Waals surface area contributed by atoms with Gasteiger partial charge in [0.15, 0.2) is 0 Å². The van der Waals surface area contributed by atoms with Gasteiger partial charge in [0.2, 0.25) is 5.79 Å². The zero-order valence-electron chi connectivity index (χ0n) is 10.2. The molecule has 1 N–H and O–H groups in total. The second kappa shape index (κ2) is 3.22. The zero-order valence-corrected chi connectivity index (χ0v) is 10.2. The molecular weight excluding hydrogens is 216 g/mol. The molecule has 3 atom stereocenters. The quantitative estimate of drug-likeness (QED) is 0.517. The van der Waals surface area contributed by atoms with Crippen molar-refractivity contribution in [1.29, 1.82) is 0 Å². The lowest BCUT2D eigenvalue weighted by molar-refractivity contribution is -0.202. The molecule has 3 nitrogen and oxygen atoms in total. The highest BCUT2D eigenvalue weighted by Gasteiger charge is 2.55. The Morgan fingerprint density at radius 3 is 3.12 bits per heavy atom. The van der Waals surface area contributed by atoms with Crippen LogP contribution in [0.2, 0.25) is 0 Å². The molecule has 0 aromatic heterocycles. The maximum absolute atomic E-state index is 11.3. The summed E-state index contributed by atoms with van der Waals surface area (Å²) < 4.78 is 5.10. The van der Waals surface area contributed by atoms with E-state index in [1.165, 1.54) is 11.6 Å². The van der Waals surface area contributed by atoms with E-state index >= 15 is 0 Å². The molecule has 0 bridgehead atoms. The van der Waals surface area contributed by atoms with Gasteiger partial charge in [0.1, 0.15) is 0 Å². The smallest absolute Gasteiger partial charge is 0.333 e. The maximum atomic E-state index is 11.3. The van der Waals surface area contributed by atoms with Crippen molar-refractivity contribution in [2.75, 3.05) is 0 Å². The molecule has 0 spiro atoms. The third-order valence-electron chi connectivity index (χ3n) is 4.71. The second-order valence-electron chi connectivity index (χ2n) is 5.97. The first kappa shape index (κ1) is 11.0. The number of rotatable bonds is 0. The number of esters is 1. The Hall–Kier alpha value is -1.09. The molecule has 17 heavy (non-hydrogen) atoms. The van der Waals surface area contributed by atoms with Crippen molar-refractivity contribution >= 4 is 5.97 Å². The van der Waals surface area contributed by atoms with Crippen LogP contribution in [-0.2, 0) is 9.53 Å². The van der Waals surface area contributed by atoms with Crippen molar-refractivity contribution in [2.45, 2.75) is 44.8 Å². The van der Waals surface area contributed by atoms with Gasteiger partial charge < -0.3 is 9.84 Å². The van der Waals surface area contributed by atoms with E-state index in [0.29, 0.717) is 12.3 Å². The number of hydrogen-bond acceptors (Lipinski definition) is 3. The van der Waals surface area contributed by atoms with E-state index in [2.05, 4.69) is 13.5 Å². The summed E-state index contributed by atoms with van der Waals surface area (Å²) in [6.07, 6.45) is 5.96. The zero-order chi connectivity index (χ0) is 12.3. The number of aliphatic hydroxyl groups is 1. The van der Waals surface area contributed by atoms with Gasteiger partial charge in [-0.1, -0.05) is 19.1 Å². The third kappa shape index (κ3) is 1.48. The highest BCUT2D eigenvalue weighted by atomic mass is 16.7. The fraction of sp³-hybridized carbons (Fsp3) is 0.643. The highest BCUT2D eigenvalue weighted by molar-refractivity contribution is 5.86. The molecule has 0 aromatic carbocycles. The van der Waals surface area contributed by atoms with E-state index in [4.69, 9.17) is 4.74 Å². The molecule has 3 heteroatoms. The van der Waals surface area contributed by atoms with E-state index in [0.717, 1.165) is 31.3 Å². The molecule has 2 fully saturated rings. The summed E-state index contributed by atoms with van der Waals surface area (Å²) >= 11 is 0. The number of fused-ring (bicyclic) bond motifs is 2. The summed E-state index contributed by atoms with van der Waals surface area (Å²) in [6.45, 7) is 6.35. The summed E-state index contributed by atoms with van der Waals surface area (Å²) in [7, 11) is 0. The molecule has 2 saturated carbocycles. The average molecular weight is 234 g/mol. The summed E-state index contributed by atoms with van der Waals surface area (Å²) in [5.74, 6) is -1.35. The van der Waals surface area contributed by atoms with Gasteiger partial charge in [-0.25, -0.2) is 4.79 Å². The summed E-state index contributed by atoms with van der Waals surface area (Å²) in [4.78, 5) is 11.3. The van der Waals surface area contributed by atoms with Gasteiger partial charge in [-0.05, 0) is 37.0 Å². The van der Waals surface area contributed by atoms with Crippen LogP contribution in [0.4, 0.5) is 0 Å². The van der Waals surface area contributed by atoms with Crippen molar-refractivity contribution in [2.24, 2.45) is 11.3 Å². The Labute approximate surface area is 101 Å². The van der Waals surface area contributed by atoms with E-state index < -0.39 is 11.8 Å². The van der Waals surface area contributed by atoms with Gasteiger partial charge >= 0.3 is 5.97 Å². The molecule has 3 unspecified atom stereocenters. The molecule has 0 radical (unpaired) electrons. The fourth-order valence-electron chi connectivity index (χ4n) is 3.81.